The van der Waals surface area contributed by atoms with E-state index in [0.717, 1.165) is 17.9 Å². The van der Waals surface area contributed by atoms with Crippen LogP contribution in [0.1, 0.15) is 41.6 Å². The van der Waals surface area contributed by atoms with Crippen LogP contribution in [0, 0.1) is 18.8 Å². The van der Waals surface area contributed by atoms with Crippen molar-refractivity contribution < 1.29 is 13.2 Å². The number of carbonyl (C=O) groups is 1. The highest BCUT2D eigenvalue weighted by atomic mass is 32.2. The first kappa shape index (κ1) is 18.0. The summed E-state index contributed by atoms with van der Waals surface area (Å²) in [5.41, 5.74) is 1.85. The second-order valence-corrected chi connectivity index (χ2v) is 9.44. The maximum absolute atomic E-state index is 12.7. The van der Waals surface area contributed by atoms with Gasteiger partial charge in [0.15, 0.2) is 0 Å². The van der Waals surface area contributed by atoms with E-state index in [4.69, 9.17) is 0 Å². The molecule has 0 radical (unpaired) electrons. The molecule has 3 atom stereocenters. The molecular weight excluding hydrogens is 360 g/mol. The van der Waals surface area contributed by atoms with Crippen molar-refractivity contribution >= 4 is 21.6 Å². The van der Waals surface area contributed by atoms with Gasteiger partial charge < -0.3 is 5.32 Å². The number of amides is 1. The number of aryl methyl sites for hydroxylation is 1. The van der Waals surface area contributed by atoms with Crippen molar-refractivity contribution in [1.82, 2.24) is 5.32 Å². The van der Waals surface area contributed by atoms with Crippen molar-refractivity contribution in [3.63, 3.8) is 0 Å². The van der Waals surface area contributed by atoms with Crippen LogP contribution >= 0.6 is 0 Å². The number of hydrogen-bond acceptors (Lipinski definition) is 3. The molecule has 5 nitrogen and oxygen atoms in total. The van der Waals surface area contributed by atoms with Gasteiger partial charge in [-0.3, -0.25) is 9.52 Å². The summed E-state index contributed by atoms with van der Waals surface area (Å²) in [6.45, 7) is 1.90. The van der Waals surface area contributed by atoms with Gasteiger partial charge in [-0.05, 0) is 73.9 Å². The molecule has 27 heavy (non-hydrogen) atoms. The van der Waals surface area contributed by atoms with Crippen molar-refractivity contribution in [2.24, 2.45) is 11.8 Å². The van der Waals surface area contributed by atoms with Gasteiger partial charge in [-0.25, -0.2) is 8.42 Å². The third-order valence-corrected chi connectivity index (χ3v) is 7.11. The normalized spacial score (nSPS) is 24.0. The number of sulfonamides is 1. The molecule has 2 aromatic rings. The van der Waals surface area contributed by atoms with Crippen molar-refractivity contribution in [3.8, 4) is 0 Å². The van der Waals surface area contributed by atoms with Gasteiger partial charge in [0.05, 0.1) is 4.90 Å². The van der Waals surface area contributed by atoms with Gasteiger partial charge in [-0.2, -0.15) is 0 Å². The minimum atomic E-state index is -3.75. The molecule has 0 unspecified atom stereocenters. The highest BCUT2D eigenvalue weighted by Gasteiger charge is 2.40. The third kappa shape index (κ3) is 3.86. The summed E-state index contributed by atoms with van der Waals surface area (Å²) in [5, 5.41) is 3.11. The Balaban J connectivity index is 1.50. The number of benzene rings is 2. The van der Waals surface area contributed by atoms with E-state index in [1.54, 1.807) is 30.3 Å². The molecule has 0 aliphatic heterocycles. The van der Waals surface area contributed by atoms with E-state index >= 15 is 0 Å². The van der Waals surface area contributed by atoms with E-state index in [0.29, 0.717) is 17.2 Å². The summed E-state index contributed by atoms with van der Waals surface area (Å²) in [4.78, 5) is 12.7. The quantitative estimate of drug-likeness (QED) is 0.825. The molecule has 2 saturated carbocycles. The average Bonchev–Trinajstić information content (AvgIpc) is 3.24. The minimum Gasteiger partial charge on any atom is -0.349 e. The van der Waals surface area contributed by atoms with Crippen LogP contribution in [0.2, 0.25) is 0 Å². The van der Waals surface area contributed by atoms with E-state index in [2.05, 4.69) is 10.0 Å². The monoisotopic (exact) mass is 384 g/mol. The summed E-state index contributed by atoms with van der Waals surface area (Å²) >= 11 is 0. The largest absolute Gasteiger partial charge is 0.349 e. The molecule has 142 valence electrons. The summed E-state index contributed by atoms with van der Waals surface area (Å²) < 4.78 is 28.0. The van der Waals surface area contributed by atoms with Crippen molar-refractivity contribution in [3.05, 3.63) is 59.7 Å². The Bertz CT molecular complexity index is 971. The van der Waals surface area contributed by atoms with Gasteiger partial charge in [-0.1, -0.05) is 24.6 Å². The van der Waals surface area contributed by atoms with Crippen LogP contribution in [0.4, 0.5) is 5.69 Å². The summed E-state index contributed by atoms with van der Waals surface area (Å²) in [6, 6.07) is 13.6. The molecule has 0 spiro atoms. The number of anilines is 1. The molecule has 2 N–H and O–H groups in total. The molecular formula is C21H24N2O3S. The minimum absolute atomic E-state index is 0.0876. The van der Waals surface area contributed by atoms with Crippen LogP contribution in [0.3, 0.4) is 0 Å². The van der Waals surface area contributed by atoms with Gasteiger partial charge in [-0.15, -0.1) is 0 Å². The molecule has 2 aliphatic rings. The van der Waals surface area contributed by atoms with Crippen molar-refractivity contribution in [2.75, 3.05) is 4.72 Å². The molecule has 0 saturated heterocycles. The third-order valence-electron chi connectivity index (χ3n) is 5.73. The van der Waals surface area contributed by atoms with Gasteiger partial charge in [0.1, 0.15) is 0 Å². The van der Waals surface area contributed by atoms with Crippen LogP contribution in [0.25, 0.3) is 0 Å². The number of rotatable bonds is 5. The van der Waals surface area contributed by atoms with E-state index in [1.807, 2.05) is 13.0 Å². The van der Waals surface area contributed by atoms with Crippen molar-refractivity contribution in [2.45, 2.75) is 43.5 Å². The SMILES string of the molecule is Cc1cccc(NS(=O)(=O)c2cccc(C(=O)N[C@@H]3C[C@H]4CC[C@@H]3C4)c2)c1. The Morgan fingerprint density at radius 2 is 1.85 bits per heavy atom. The lowest BCUT2D eigenvalue weighted by Gasteiger charge is -2.23. The highest BCUT2D eigenvalue weighted by Crippen LogP contribution is 2.44. The molecule has 6 heteroatoms. The van der Waals surface area contributed by atoms with E-state index < -0.39 is 10.0 Å². The second kappa shape index (κ2) is 7.00. The molecule has 0 aromatic heterocycles. The Kier molecular flexibility index (Phi) is 4.68. The zero-order chi connectivity index (χ0) is 19.0. The topological polar surface area (TPSA) is 75.3 Å². The molecule has 1 amide bonds. The summed E-state index contributed by atoms with van der Waals surface area (Å²) in [7, 11) is -3.75. The summed E-state index contributed by atoms with van der Waals surface area (Å²) in [5.74, 6) is 1.12. The number of hydrogen-bond donors (Lipinski definition) is 2. The standard InChI is InChI=1S/C21H24N2O3S/c1-14-4-2-6-18(10-14)23-27(25,26)19-7-3-5-17(13-19)21(24)22-20-12-15-8-9-16(20)11-15/h2-7,10,13,15-16,20,23H,8-9,11-12H2,1H3,(H,22,24)/t15-,16+,20+/m0/s1. The fraction of sp³-hybridized carbons (Fsp3) is 0.381. The zero-order valence-electron chi connectivity index (χ0n) is 15.3. The number of nitrogens with one attached hydrogen (secondary N) is 2. The fourth-order valence-corrected chi connectivity index (χ4v) is 5.50. The second-order valence-electron chi connectivity index (χ2n) is 7.76. The number of fused-ring (bicyclic) bond motifs is 2. The van der Waals surface area contributed by atoms with Crippen LogP contribution in [0.15, 0.2) is 53.4 Å². The predicted octanol–water partition coefficient (Wildman–Crippen LogP) is 3.71. The Morgan fingerprint density at radius 3 is 2.56 bits per heavy atom. The van der Waals surface area contributed by atoms with Crippen molar-refractivity contribution in [1.29, 1.82) is 0 Å². The molecule has 0 heterocycles. The van der Waals surface area contributed by atoms with Gasteiger partial charge in [0.2, 0.25) is 0 Å². The zero-order valence-corrected chi connectivity index (χ0v) is 16.1. The van der Waals surface area contributed by atoms with Crippen LogP contribution in [0.5, 0.6) is 0 Å². The maximum atomic E-state index is 12.7. The molecule has 2 fully saturated rings. The molecule has 2 aromatic carbocycles. The predicted molar refractivity (Wildman–Crippen MR) is 105 cm³/mol. The first-order valence-electron chi connectivity index (χ1n) is 9.41. The van der Waals surface area contributed by atoms with Crippen LogP contribution in [-0.2, 0) is 10.0 Å². The maximum Gasteiger partial charge on any atom is 0.261 e. The Labute approximate surface area is 160 Å². The molecule has 2 aliphatic carbocycles. The van der Waals surface area contributed by atoms with Gasteiger partial charge >= 0.3 is 0 Å². The van der Waals surface area contributed by atoms with Crippen LogP contribution in [-0.4, -0.2) is 20.4 Å². The van der Waals surface area contributed by atoms with Gasteiger partial charge in [0, 0.05) is 17.3 Å². The summed E-state index contributed by atoms with van der Waals surface area (Å²) in [6.07, 6.45) is 4.71. The Morgan fingerprint density at radius 1 is 1.04 bits per heavy atom. The van der Waals surface area contributed by atoms with E-state index in [9.17, 15) is 13.2 Å². The van der Waals surface area contributed by atoms with E-state index in [-0.39, 0.29) is 16.8 Å². The first-order chi connectivity index (χ1) is 12.9. The lowest BCUT2D eigenvalue weighted by molar-refractivity contribution is 0.0922. The lowest BCUT2D eigenvalue weighted by atomic mass is 9.95. The first-order valence-corrected chi connectivity index (χ1v) is 10.9. The Hall–Kier alpha value is -2.34. The lowest BCUT2D eigenvalue weighted by Crippen LogP contribution is -2.38. The number of carbonyl (C=O) groups excluding carboxylic acids is 1. The van der Waals surface area contributed by atoms with Crippen LogP contribution < -0.4 is 10.0 Å². The smallest absolute Gasteiger partial charge is 0.261 e. The highest BCUT2D eigenvalue weighted by molar-refractivity contribution is 7.92. The molecule has 2 bridgehead atoms. The molecule has 4 rings (SSSR count). The van der Waals surface area contributed by atoms with Gasteiger partial charge in [0.25, 0.3) is 15.9 Å². The fourth-order valence-electron chi connectivity index (χ4n) is 4.40. The van der Waals surface area contributed by atoms with E-state index in [1.165, 1.54) is 31.4 Å². The average molecular weight is 385 g/mol.